The van der Waals surface area contributed by atoms with Gasteiger partial charge in [-0.2, -0.15) is 13.2 Å². The maximum absolute atomic E-state index is 12.6. The van der Waals surface area contributed by atoms with Gasteiger partial charge in [-0.1, -0.05) is 5.21 Å². The predicted octanol–water partition coefficient (Wildman–Crippen LogP) is 2.51. The number of aromatic nitrogens is 3. The molecule has 0 aliphatic heterocycles. The molecule has 0 saturated heterocycles. The molecule has 0 aliphatic rings. The van der Waals surface area contributed by atoms with Gasteiger partial charge >= 0.3 is 6.18 Å². The molecule has 0 saturated carbocycles. The van der Waals surface area contributed by atoms with Gasteiger partial charge in [0, 0.05) is 0 Å². The first-order valence-electron chi connectivity index (χ1n) is 7.47. The third kappa shape index (κ3) is 4.63. The molecule has 0 fully saturated rings. The molecule has 0 unspecified atom stereocenters. The van der Waals surface area contributed by atoms with E-state index in [1.165, 1.54) is 47.3 Å². The van der Waals surface area contributed by atoms with Gasteiger partial charge in [0.1, 0.15) is 18.1 Å². The van der Waals surface area contributed by atoms with E-state index >= 15 is 0 Å². The van der Waals surface area contributed by atoms with Gasteiger partial charge in [-0.3, -0.25) is 0 Å². The summed E-state index contributed by atoms with van der Waals surface area (Å²) >= 11 is 0. The highest BCUT2D eigenvalue weighted by Gasteiger charge is 2.30. The van der Waals surface area contributed by atoms with Crippen molar-refractivity contribution in [2.24, 2.45) is 5.14 Å². The Hall–Kier alpha value is -2.92. The van der Waals surface area contributed by atoms with Gasteiger partial charge in [0.05, 0.1) is 22.3 Å². The SMILES string of the molecule is NS(=O)(=O)c1ccc(OCc2cn(-c3ccc(C(F)(F)F)cc3)nn2)cc1. The van der Waals surface area contributed by atoms with E-state index in [-0.39, 0.29) is 11.5 Å². The number of nitrogens with zero attached hydrogens (tertiary/aromatic N) is 3. The summed E-state index contributed by atoms with van der Waals surface area (Å²) in [5.74, 6) is 0.395. The predicted molar refractivity (Wildman–Crippen MR) is 88.5 cm³/mol. The van der Waals surface area contributed by atoms with Crippen molar-refractivity contribution in [3.8, 4) is 11.4 Å². The molecule has 0 aliphatic carbocycles. The summed E-state index contributed by atoms with van der Waals surface area (Å²) in [6, 6.07) is 10.00. The molecule has 142 valence electrons. The number of rotatable bonds is 5. The number of halogens is 3. The number of hydrogen-bond donors (Lipinski definition) is 1. The maximum atomic E-state index is 12.6. The lowest BCUT2D eigenvalue weighted by molar-refractivity contribution is -0.137. The molecule has 0 bridgehead atoms. The molecule has 2 aromatic carbocycles. The van der Waals surface area contributed by atoms with Crippen molar-refractivity contribution in [1.29, 1.82) is 0 Å². The Morgan fingerprint density at radius 1 is 1.04 bits per heavy atom. The first-order valence-corrected chi connectivity index (χ1v) is 9.02. The molecular formula is C16H13F3N4O3S. The van der Waals surface area contributed by atoms with Crippen LogP contribution in [-0.2, 0) is 22.8 Å². The van der Waals surface area contributed by atoms with Crippen LogP contribution in [0.5, 0.6) is 5.75 Å². The lowest BCUT2D eigenvalue weighted by Crippen LogP contribution is -2.11. The van der Waals surface area contributed by atoms with Gasteiger partial charge in [0.15, 0.2) is 0 Å². The van der Waals surface area contributed by atoms with Crippen molar-refractivity contribution >= 4 is 10.0 Å². The first-order chi connectivity index (χ1) is 12.6. The van der Waals surface area contributed by atoms with Gasteiger partial charge in [-0.15, -0.1) is 5.10 Å². The van der Waals surface area contributed by atoms with Crippen LogP contribution >= 0.6 is 0 Å². The van der Waals surface area contributed by atoms with Crippen LogP contribution in [0.25, 0.3) is 5.69 Å². The number of alkyl halides is 3. The highest BCUT2D eigenvalue weighted by atomic mass is 32.2. The van der Waals surface area contributed by atoms with E-state index < -0.39 is 21.8 Å². The van der Waals surface area contributed by atoms with Gasteiger partial charge in [-0.05, 0) is 48.5 Å². The van der Waals surface area contributed by atoms with Crippen molar-refractivity contribution in [2.75, 3.05) is 0 Å². The fraction of sp³-hybridized carbons (Fsp3) is 0.125. The van der Waals surface area contributed by atoms with E-state index in [0.717, 1.165) is 12.1 Å². The summed E-state index contributed by atoms with van der Waals surface area (Å²) in [5.41, 5.74) is 0.0996. The second-order valence-electron chi connectivity index (χ2n) is 5.50. The largest absolute Gasteiger partial charge is 0.487 e. The standard InChI is InChI=1S/C16H13F3N4O3S/c17-16(18,19)11-1-3-13(4-2-11)23-9-12(21-22-23)10-26-14-5-7-15(8-6-14)27(20,24)25/h1-9H,10H2,(H2,20,24,25). The second kappa shape index (κ2) is 7.00. The summed E-state index contributed by atoms with van der Waals surface area (Å²) in [4.78, 5) is -0.0388. The molecule has 0 spiro atoms. The zero-order chi connectivity index (χ0) is 19.7. The van der Waals surface area contributed by atoms with Crippen LogP contribution in [0.4, 0.5) is 13.2 Å². The summed E-state index contributed by atoms with van der Waals surface area (Å²) in [7, 11) is -3.78. The smallest absolute Gasteiger partial charge is 0.416 e. The third-order valence-corrected chi connectivity index (χ3v) is 4.47. The Kier molecular flexibility index (Phi) is 4.89. The molecule has 27 heavy (non-hydrogen) atoms. The number of benzene rings is 2. The zero-order valence-corrected chi connectivity index (χ0v) is 14.4. The monoisotopic (exact) mass is 398 g/mol. The van der Waals surface area contributed by atoms with Crippen LogP contribution < -0.4 is 9.88 Å². The second-order valence-corrected chi connectivity index (χ2v) is 7.07. The minimum atomic E-state index is -4.40. The van der Waals surface area contributed by atoms with Gasteiger partial charge in [0.25, 0.3) is 0 Å². The van der Waals surface area contributed by atoms with Crippen LogP contribution in [0.1, 0.15) is 11.3 Å². The molecule has 3 rings (SSSR count). The number of primary sulfonamides is 1. The normalized spacial score (nSPS) is 12.1. The molecule has 11 heteroatoms. The van der Waals surface area contributed by atoms with Crippen LogP contribution in [0.15, 0.2) is 59.6 Å². The fourth-order valence-electron chi connectivity index (χ4n) is 2.18. The average Bonchev–Trinajstić information content (AvgIpc) is 3.08. The van der Waals surface area contributed by atoms with E-state index in [9.17, 15) is 21.6 Å². The Labute approximate surface area is 152 Å². The van der Waals surface area contributed by atoms with Crippen molar-refractivity contribution in [2.45, 2.75) is 17.7 Å². The third-order valence-electron chi connectivity index (χ3n) is 3.54. The van der Waals surface area contributed by atoms with Gasteiger partial charge in [-0.25, -0.2) is 18.2 Å². The van der Waals surface area contributed by atoms with E-state index in [2.05, 4.69) is 10.3 Å². The van der Waals surface area contributed by atoms with Gasteiger partial charge < -0.3 is 4.74 Å². The Bertz CT molecular complexity index is 1030. The lowest BCUT2D eigenvalue weighted by Gasteiger charge is -2.07. The number of nitrogens with two attached hydrogens (primary N) is 1. The van der Waals surface area contributed by atoms with Crippen molar-refractivity contribution in [3.05, 3.63) is 66.0 Å². The van der Waals surface area contributed by atoms with Crippen LogP contribution in [-0.4, -0.2) is 23.4 Å². The lowest BCUT2D eigenvalue weighted by atomic mass is 10.2. The molecule has 0 atom stereocenters. The van der Waals surface area contributed by atoms with Crippen LogP contribution in [0.3, 0.4) is 0 Å². The Morgan fingerprint density at radius 3 is 2.22 bits per heavy atom. The highest BCUT2D eigenvalue weighted by molar-refractivity contribution is 7.89. The number of sulfonamides is 1. The van der Waals surface area contributed by atoms with Crippen molar-refractivity contribution in [3.63, 3.8) is 0 Å². The summed E-state index contributed by atoms with van der Waals surface area (Å²) in [5, 5.41) is 12.7. The number of hydrogen-bond acceptors (Lipinski definition) is 5. The molecule has 0 radical (unpaired) electrons. The minimum Gasteiger partial charge on any atom is -0.487 e. The summed E-state index contributed by atoms with van der Waals surface area (Å²) in [6.45, 7) is 0.0371. The molecule has 7 nitrogen and oxygen atoms in total. The minimum absolute atomic E-state index is 0.0371. The van der Waals surface area contributed by atoms with E-state index in [0.29, 0.717) is 17.1 Å². The van der Waals surface area contributed by atoms with Crippen LogP contribution in [0, 0.1) is 0 Å². The van der Waals surface area contributed by atoms with Gasteiger partial charge in [0.2, 0.25) is 10.0 Å². The Balaban J connectivity index is 1.66. The molecule has 2 N–H and O–H groups in total. The van der Waals surface area contributed by atoms with Crippen LogP contribution in [0.2, 0.25) is 0 Å². The molecule has 1 aromatic heterocycles. The topological polar surface area (TPSA) is 100 Å². The molecule has 1 heterocycles. The summed E-state index contributed by atoms with van der Waals surface area (Å²) < 4.78 is 66.9. The number of ether oxygens (including phenoxy) is 1. The Morgan fingerprint density at radius 2 is 1.67 bits per heavy atom. The molecule has 0 amide bonds. The summed E-state index contributed by atoms with van der Waals surface area (Å²) in [6.07, 6.45) is -2.89. The molecular weight excluding hydrogens is 385 g/mol. The van der Waals surface area contributed by atoms with Crippen molar-refractivity contribution < 1.29 is 26.3 Å². The van der Waals surface area contributed by atoms with E-state index in [1.807, 2.05) is 0 Å². The van der Waals surface area contributed by atoms with E-state index in [4.69, 9.17) is 9.88 Å². The average molecular weight is 398 g/mol. The fourth-order valence-corrected chi connectivity index (χ4v) is 2.69. The first kappa shape index (κ1) is 18.9. The zero-order valence-electron chi connectivity index (χ0n) is 13.6. The van der Waals surface area contributed by atoms with Crippen molar-refractivity contribution in [1.82, 2.24) is 15.0 Å². The highest BCUT2D eigenvalue weighted by Crippen LogP contribution is 2.29. The quantitative estimate of drug-likeness (QED) is 0.712. The maximum Gasteiger partial charge on any atom is 0.416 e. The molecule has 3 aromatic rings. The van der Waals surface area contributed by atoms with E-state index in [1.54, 1.807) is 0 Å².